The van der Waals surface area contributed by atoms with E-state index in [1.807, 2.05) is 37.3 Å². The molecule has 1 amide bonds. The van der Waals surface area contributed by atoms with Gasteiger partial charge in [-0.2, -0.15) is 4.31 Å². The molecule has 0 aromatic heterocycles. The average Bonchev–Trinajstić information content (AvgIpc) is 2.78. The van der Waals surface area contributed by atoms with E-state index in [0.717, 1.165) is 11.8 Å². The fourth-order valence-electron chi connectivity index (χ4n) is 3.64. The van der Waals surface area contributed by atoms with Crippen LogP contribution >= 0.6 is 0 Å². The van der Waals surface area contributed by atoms with Crippen LogP contribution in [0.5, 0.6) is 0 Å². The predicted molar refractivity (Wildman–Crippen MR) is 132 cm³/mol. The molecule has 8 nitrogen and oxygen atoms in total. The molecular formula is C24H34N2O6S2. The Morgan fingerprint density at radius 1 is 1.00 bits per heavy atom. The van der Waals surface area contributed by atoms with Gasteiger partial charge in [-0.05, 0) is 30.5 Å². The number of nitrogens with one attached hydrogen (secondary N) is 1. The number of rotatable bonds is 13. The highest BCUT2D eigenvalue weighted by molar-refractivity contribution is 7.90. The fourth-order valence-corrected chi connectivity index (χ4v) is 6.27. The monoisotopic (exact) mass is 510 g/mol. The Morgan fingerprint density at radius 3 is 2.09 bits per heavy atom. The number of sulfonamides is 1. The summed E-state index contributed by atoms with van der Waals surface area (Å²) in [4.78, 5) is 12.9. The Hall–Kier alpha value is -2.27. The van der Waals surface area contributed by atoms with Crippen molar-refractivity contribution in [2.45, 2.75) is 43.7 Å². The van der Waals surface area contributed by atoms with Crippen molar-refractivity contribution in [2.24, 2.45) is 5.92 Å². The third-order valence-corrected chi connectivity index (χ3v) is 8.32. The van der Waals surface area contributed by atoms with E-state index in [9.17, 15) is 26.7 Å². The average molecular weight is 511 g/mol. The normalized spacial score (nSPS) is 15.0. The summed E-state index contributed by atoms with van der Waals surface area (Å²) in [6, 6.07) is 16.4. The molecule has 0 aliphatic heterocycles. The van der Waals surface area contributed by atoms with E-state index >= 15 is 0 Å². The number of hydrogen-bond acceptors (Lipinski definition) is 6. The van der Waals surface area contributed by atoms with Gasteiger partial charge in [-0.3, -0.25) is 4.79 Å². The SMILES string of the molecule is CCCN(CC(O)C(Cc1ccccc1)NC(=O)C(C)CS(C)(=O)=O)S(=O)(=O)c1ccccc1. The molecule has 0 saturated carbocycles. The van der Waals surface area contributed by atoms with Crippen molar-refractivity contribution in [3.63, 3.8) is 0 Å². The standard InChI is InChI=1S/C24H34N2O6S2/c1-4-15-26(34(31,32)21-13-9-6-10-14-21)17-23(27)22(16-20-11-7-5-8-12-20)25-24(28)19(2)18-33(3,29)30/h5-14,19,22-23,27H,4,15-18H2,1-3H3,(H,25,28). The molecule has 0 bridgehead atoms. The second-order valence-corrected chi connectivity index (χ2v) is 12.7. The largest absolute Gasteiger partial charge is 0.390 e. The molecule has 188 valence electrons. The predicted octanol–water partition coefficient (Wildman–Crippen LogP) is 1.86. The molecule has 3 unspecified atom stereocenters. The molecule has 0 aliphatic carbocycles. The molecule has 0 spiro atoms. The Bertz CT molecular complexity index is 1120. The highest BCUT2D eigenvalue weighted by Gasteiger charge is 2.31. The summed E-state index contributed by atoms with van der Waals surface area (Å²) in [6.45, 7) is 3.33. The number of carbonyl (C=O) groups is 1. The quantitative estimate of drug-likeness (QED) is 0.424. The third-order valence-electron chi connectivity index (χ3n) is 5.34. The van der Waals surface area contributed by atoms with E-state index in [-0.39, 0.29) is 30.2 Å². The van der Waals surface area contributed by atoms with Crippen LogP contribution in [0.4, 0.5) is 0 Å². The number of aliphatic hydroxyl groups is 1. The van der Waals surface area contributed by atoms with Gasteiger partial charge in [-0.15, -0.1) is 0 Å². The van der Waals surface area contributed by atoms with Crippen LogP contribution in [0.3, 0.4) is 0 Å². The van der Waals surface area contributed by atoms with E-state index in [2.05, 4.69) is 5.32 Å². The van der Waals surface area contributed by atoms with Crippen LogP contribution in [-0.2, 0) is 31.1 Å². The molecule has 2 aromatic carbocycles. The van der Waals surface area contributed by atoms with Gasteiger partial charge in [0.2, 0.25) is 15.9 Å². The maximum absolute atomic E-state index is 13.2. The van der Waals surface area contributed by atoms with Gasteiger partial charge in [0.15, 0.2) is 0 Å². The minimum Gasteiger partial charge on any atom is -0.390 e. The van der Waals surface area contributed by atoms with Gasteiger partial charge in [-0.1, -0.05) is 62.4 Å². The molecule has 2 N–H and O–H groups in total. The van der Waals surface area contributed by atoms with Crippen LogP contribution in [0, 0.1) is 5.92 Å². The van der Waals surface area contributed by atoms with Gasteiger partial charge in [0.1, 0.15) is 9.84 Å². The van der Waals surface area contributed by atoms with Crippen LogP contribution in [0.25, 0.3) is 0 Å². The summed E-state index contributed by atoms with van der Waals surface area (Å²) >= 11 is 0. The summed E-state index contributed by atoms with van der Waals surface area (Å²) in [5, 5.41) is 13.9. The first-order valence-electron chi connectivity index (χ1n) is 11.2. The lowest BCUT2D eigenvalue weighted by Gasteiger charge is -2.30. The van der Waals surface area contributed by atoms with Gasteiger partial charge >= 0.3 is 0 Å². The molecule has 0 fully saturated rings. The number of sulfone groups is 1. The molecule has 10 heteroatoms. The molecule has 2 rings (SSSR count). The highest BCUT2D eigenvalue weighted by atomic mass is 32.2. The first-order chi connectivity index (χ1) is 15.9. The first kappa shape index (κ1) is 28.0. The van der Waals surface area contributed by atoms with E-state index in [4.69, 9.17) is 0 Å². The molecule has 3 atom stereocenters. The first-order valence-corrected chi connectivity index (χ1v) is 14.7. The number of amides is 1. The van der Waals surface area contributed by atoms with E-state index in [1.165, 1.54) is 23.4 Å². The highest BCUT2D eigenvalue weighted by Crippen LogP contribution is 2.18. The van der Waals surface area contributed by atoms with E-state index in [0.29, 0.717) is 6.42 Å². The molecule has 34 heavy (non-hydrogen) atoms. The maximum atomic E-state index is 13.2. The Balaban J connectivity index is 2.27. The second kappa shape index (κ2) is 12.4. The van der Waals surface area contributed by atoms with Crippen molar-refractivity contribution in [1.29, 1.82) is 0 Å². The second-order valence-electron chi connectivity index (χ2n) is 8.54. The minimum atomic E-state index is -3.85. The summed E-state index contributed by atoms with van der Waals surface area (Å²) in [7, 11) is -7.22. The van der Waals surface area contributed by atoms with Crippen molar-refractivity contribution >= 4 is 25.8 Å². The summed E-state index contributed by atoms with van der Waals surface area (Å²) in [5.74, 6) is -1.66. The summed E-state index contributed by atoms with van der Waals surface area (Å²) in [5.41, 5.74) is 0.843. The number of benzene rings is 2. The maximum Gasteiger partial charge on any atom is 0.243 e. The number of nitrogens with zero attached hydrogens (tertiary/aromatic N) is 1. The molecular weight excluding hydrogens is 476 g/mol. The number of aliphatic hydroxyl groups excluding tert-OH is 1. The Morgan fingerprint density at radius 2 is 1.56 bits per heavy atom. The van der Waals surface area contributed by atoms with Crippen molar-refractivity contribution in [1.82, 2.24) is 9.62 Å². The fraction of sp³-hybridized carbons (Fsp3) is 0.458. The van der Waals surface area contributed by atoms with Crippen LogP contribution in [0.1, 0.15) is 25.8 Å². The molecule has 0 radical (unpaired) electrons. The van der Waals surface area contributed by atoms with Crippen molar-refractivity contribution in [3.8, 4) is 0 Å². The summed E-state index contributed by atoms with van der Waals surface area (Å²) in [6.07, 6.45) is 0.633. The zero-order chi connectivity index (χ0) is 25.4. The zero-order valence-corrected chi connectivity index (χ0v) is 21.4. The zero-order valence-electron chi connectivity index (χ0n) is 19.8. The molecule has 0 heterocycles. The molecule has 0 aliphatic rings. The van der Waals surface area contributed by atoms with Crippen LogP contribution in [0.15, 0.2) is 65.6 Å². The third kappa shape index (κ3) is 8.50. The van der Waals surface area contributed by atoms with Gasteiger partial charge in [0, 0.05) is 25.3 Å². The lowest BCUT2D eigenvalue weighted by atomic mass is 10.00. The van der Waals surface area contributed by atoms with E-state index < -0.39 is 43.8 Å². The van der Waals surface area contributed by atoms with Gasteiger partial charge < -0.3 is 10.4 Å². The Kier molecular flexibility index (Phi) is 10.2. The Labute approximate surface area is 203 Å². The van der Waals surface area contributed by atoms with Crippen molar-refractivity contribution < 1.29 is 26.7 Å². The minimum absolute atomic E-state index is 0.126. The molecule has 2 aromatic rings. The van der Waals surface area contributed by atoms with E-state index in [1.54, 1.807) is 18.2 Å². The van der Waals surface area contributed by atoms with Crippen molar-refractivity contribution in [2.75, 3.05) is 25.1 Å². The van der Waals surface area contributed by atoms with Crippen LogP contribution in [0.2, 0.25) is 0 Å². The number of hydrogen-bond donors (Lipinski definition) is 2. The number of carbonyl (C=O) groups excluding carboxylic acids is 1. The van der Waals surface area contributed by atoms with Crippen LogP contribution < -0.4 is 5.32 Å². The van der Waals surface area contributed by atoms with Crippen molar-refractivity contribution in [3.05, 3.63) is 66.2 Å². The van der Waals surface area contributed by atoms with Gasteiger partial charge in [0.05, 0.1) is 22.8 Å². The van der Waals surface area contributed by atoms with Gasteiger partial charge in [0.25, 0.3) is 0 Å². The summed E-state index contributed by atoms with van der Waals surface area (Å²) < 4.78 is 50.8. The lowest BCUT2D eigenvalue weighted by Crippen LogP contribution is -2.52. The van der Waals surface area contributed by atoms with Gasteiger partial charge in [-0.25, -0.2) is 16.8 Å². The molecule has 0 saturated heterocycles. The topological polar surface area (TPSA) is 121 Å². The van der Waals surface area contributed by atoms with Crippen LogP contribution in [-0.4, -0.2) is 69.4 Å². The lowest BCUT2D eigenvalue weighted by molar-refractivity contribution is -0.125. The smallest absolute Gasteiger partial charge is 0.243 e.